The third-order valence-corrected chi connectivity index (χ3v) is 1.88. The Labute approximate surface area is 76.9 Å². The van der Waals surface area contributed by atoms with E-state index in [1.807, 2.05) is 6.07 Å². The Morgan fingerprint density at radius 1 is 1.46 bits per heavy atom. The maximum absolute atomic E-state index is 8.70. The Morgan fingerprint density at radius 2 is 2.15 bits per heavy atom. The summed E-state index contributed by atoms with van der Waals surface area (Å²) in [5, 5.41) is 8.70. The average molecular weight is 176 g/mol. The fourth-order valence-electron chi connectivity index (χ4n) is 1.04. The van der Waals surface area contributed by atoms with Gasteiger partial charge in [0.25, 0.3) is 0 Å². The van der Waals surface area contributed by atoms with Crippen molar-refractivity contribution in [2.45, 2.75) is 6.04 Å². The van der Waals surface area contributed by atoms with E-state index in [4.69, 9.17) is 22.5 Å². The molecule has 0 aliphatic heterocycles. The lowest BCUT2D eigenvalue weighted by Gasteiger charge is -2.09. The van der Waals surface area contributed by atoms with Gasteiger partial charge in [-0.05, 0) is 17.7 Å². The molecule has 0 aliphatic rings. The summed E-state index contributed by atoms with van der Waals surface area (Å²) in [5.74, 6) is 0. The topological polar surface area (TPSA) is 102 Å². The predicted molar refractivity (Wildman–Crippen MR) is 51.6 cm³/mol. The normalized spacial score (nSPS) is 12.1. The first-order valence-electron chi connectivity index (χ1n) is 3.94. The maximum Gasteiger partial charge on any atom is 0.101 e. The summed E-state index contributed by atoms with van der Waals surface area (Å²) < 4.78 is 0. The van der Waals surface area contributed by atoms with Crippen LogP contribution in [0.3, 0.4) is 0 Å². The van der Waals surface area contributed by atoms with E-state index in [0.717, 1.165) is 5.56 Å². The largest absolute Gasteiger partial charge is 0.398 e. The Balaban J connectivity index is 3.08. The second-order valence-electron chi connectivity index (χ2n) is 2.80. The van der Waals surface area contributed by atoms with E-state index in [9.17, 15) is 0 Å². The fourth-order valence-corrected chi connectivity index (χ4v) is 1.04. The Hall–Kier alpha value is -1.57. The highest BCUT2D eigenvalue weighted by molar-refractivity contribution is 5.55. The molecule has 0 saturated heterocycles. The van der Waals surface area contributed by atoms with Gasteiger partial charge in [-0.25, -0.2) is 0 Å². The summed E-state index contributed by atoms with van der Waals surface area (Å²) >= 11 is 0. The molecule has 0 aliphatic carbocycles. The van der Waals surface area contributed by atoms with E-state index in [1.165, 1.54) is 0 Å². The molecule has 1 rings (SSSR count). The lowest BCUT2D eigenvalue weighted by atomic mass is 10.0. The monoisotopic (exact) mass is 176 g/mol. The van der Waals surface area contributed by atoms with Crippen LogP contribution >= 0.6 is 0 Å². The summed E-state index contributed by atoms with van der Waals surface area (Å²) in [5.41, 5.74) is 18.4. The molecule has 6 N–H and O–H groups in total. The van der Waals surface area contributed by atoms with Gasteiger partial charge in [0.15, 0.2) is 0 Å². The highest BCUT2D eigenvalue weighted by Crippen LogP contribution is 2.16. The quantitative estimate of drug-likeness (QED) is 0.556. The first kappa shape index (κ1) is 9.52. The molecule has 1 aromatic carbocycles. The Kier molecular flexibility index (Phi) is 2.85. The molecule has 0 amide bonds. The zero-order chi connectivity index (χ0) is 9.84. The van der Waals surface area contributed by atoms with Crippen molar-refractivity contribution in [2.24, 2.45) is 11.5 Å². The van der Waals surface area contributed by atoms with Crippen LogP contribution < -0.4 is 17.2 Å². The van der Waals surface area contributed by atoms with Gasteiger partial charge < -0.3 is 17.2 Å². The molecular formula is C9H12N4. The van der Waals surface area contributed by atoms with Crippen LogP contribution in [0.5, 0.6) is 0 Å². The molecule has 0 fully saturated rings. The lowest BCUT2D eigenvalue weighted by Crippen LogP contribution is -2.20. The van der Waals surface area contributed by atoms with E-state index in [2.05, 4.69) is 0 Å². The predicted octanol–water partition coefficient (Wildman–Crippen LogP) is 0.0990. The van der Waals surface area contributed by atoms with Crippen LogP contribution in [-0.2, 0) is 0 Å². The molecule has 0 saturated carbocycles. The molecule has 0 radical (unpaired) electrons. The Morgan fingerprint density at radius 3 is 2.69 bits per heavy atom. The number of nitrogen functional groups attached to an aromatic ring is 1. The minimum atomic E-state index is -0.229. The highest BCUT2D eigenvalue weighted by atomic mass is 14.7. The summed E-state index contributed by atoms with van der Waals surface area (Å²) in [6.07, 6.45) is 0. The van der Waals surface area contributed by atoms with Gasteiger partial charge in [-0.15, -0.1) is 0 Å². The van der Waals surface area contributed by atoms with Crippen LogP contribution in [-0.4, -0.2) is 6.54 Å². The zero-order valence-corrected chi connectivity index (χ0v) is 7.20. The smallest absolute Gasteiger partial charge is 0.101 e. The third-order valence-electron chi connectivity index (χ3n) is 1.88. The number of rotatable bonds is 2. The van der Waals surface area contributed by atoms with Gasteiger partial charge in [-0.3, -0.25) is 0 Å². The molecule has 0 heterocycles. The summed E-state index contributed by atoms with van der Waals surface area (Å²) in [4.78, 5) is 0. The molecule has 68 valence electrons. The van der Waals surface area contributed by atoms with Gasteiger partial charge in [-0.2, -0.15) is 5.26 Å². The van der Waals surface area contributed by atoms with Gasteiger partial charge in [-0.1, -0.05) is 6.07 Å². The van der Waals surface area contributed by atoms with Crippen molar-refractivity contribution < 1.29 is 0 Å². The number of nitrogens with zero attached hydrogens (tertiary/aromatic N) is 1. The molecule has 1 atom stereocenters. The second kappa shape index (κ2) is 3.90. The van der Waals surface area contributed by atoms with Crippen LogP contribution in [0.2, 0.25) is 0 Å². The molecule has 4 heteroatoms. The highest BCUT2D eigenvalue weighted by Gasteiger charge is 2.05. The van der Waals surface area contributed by atoms with Crippen molar-refractivity contribution in [3.8, 4) is 6.07 Å². The van der Waals surface area contributed by atoms with Crippen molar-refractivity contribution in [1.82, 2.24) is 0 Å². The first-order valence-corrected chi connectivity index (χ1v) is 3.94. The minimum Gasteiger partial charge on any atom is -0.398 e. The van der Waals surface area contributed by atoms with Crippen molar-refractivity contribution in [3.05, 3.63) is 29.3 Å². The molecular weight excluding hydrogens is 164 g/mol. The molecule has 0 unspecified atom stereocenters. The molecule has 0 spiro atoms. The number of hydrogen-bond donors (Lipinski definition) is 3. The number of nitriles is 1. The van der Waals surface area contributed by atoms with Crippen LogP contribution in [0.4, 0.5) is 5.69 Å². The van der Waals surface area contributed by atoms with Crippen LogP contribution in [0.1, 0.15) is 17.2 Å². The number of anilines is 1. The van der Waals surface area contributed by atoms with Crippen molar-refractivity contribution in [2.75, 3.05) is 12.3 Å². The fraction of sp³-hybridized carbons (Fsp3) is 0.222. The van der Waals surface area contributed by atoms with Crippen molar-refractivity contribution in [1.29, 1.82) is 5.26 Å². The molecule has 1 aromatic rings. The number of nitrogens with two attached hydrogens (primary N) is 3. The summed E-state index contributed by atoms with van der Waals surface area (Å²) in [6.45, 7) is 0.356. The van der Waals surface area contributed by atoms with Gasteiger partial charge in [0.05, 0.1) is 5.56 Å². The third kappa shape index (κ3) is 1.96. The first-order chi connectivity index (χ1) is 6.19. The van der Waals surface area contributed by atoms with Gasteiger partial charge >= 0.3 is 0 Å². The van der Waals surface area contributed by atoms with Crippen molar-refractivity contribution in [3.63, 3.8) is 0 Å². The molecule has 4 nitrogen and oxygen atoms in total. The molecule has 13 heavy (non-hydrogen) atoms. The standard InChI is InChI=1S/C9H12N4/c10-4-7-3-6(9(13)5-11)1-2-8(7)12/h1-3,9H,5,11-13H2/t9-/m0/s1. The SMILES string of the molecule is N#Cc1cc([C@@H](N)CN)ccc1N. The summed E-state index contributed by atoms with van der Waals surface area (Å²) in [6, 6.07) is 6.89. The average Bonchev–Trinajstić information content (AvgIpc) is 2.17. The van der Waals surface area contributed by atoms with Gasteiger partial charge in [0.2, 0.25) is 0 Å². The number of benzene rings is 1. The number of hydrogen-bond acceptors (Lipinski definition) is 4. The molecule has 0 bridgehead atoms. The summed E-state index contributed by atoms with van der Waals surface area (Å²) in [7, 11) is 0. The van der Waals surface area contributed by atoms with Gasteiger partial charge in [0, 0.05) is 18.3 Å². The van der Waals surface area contributed by atoms with E-state index in [1.54, 1.807) is 18.2 Å². The van der Waals surface area contributed by atoms with Crippen LogP contribution in [0.15, 0.2) is 18.2 Å². The Bertz CT molecular complexity index is 340. The van der Waals surface area contributed by atoms with Crippen LogP contribution in [0, 0.1) is 11.3 Å². The molecule has 0 aromatic heterocycles. The lowest BCUT2D eigenvalue weighted by molar-refractivity contribution is 0.737. The maximum atomic E-state index is 8.70. The van der Waals surface area contributed by atoms with E-state index >= 15 is 0 Å². The van der Waals surface area contributed by atoms with E-state index < -0.39 is 0 Å². The van der Waals surface area contributed by atoms with E-state index in [-0.39, 0.29) is 6.04 Å². The minimum absolute atomic E-state index is 0.229. The zero-order valence-electron chi connectivity index (χ0n) is 7.20. The van der Waals surface area contributed by atoms with Gasteiger partial charge in [0.1, 0.15) is 6.07 Å². The second-order valence-corrected chi connectivity index (χ2v) is 2.80. The van der Waals surface area contributed by atoms with Crippen LogP contribution in [0.25, 0.3) is 0 Å². The van der Waals surface area contributed by atoms with Crippen molar-refractivity contribution >= 4 is 5.69 Å². The van der Waals surface area contributed by atoms with E-state index in [0.29, 0.717) is 17.8 Å².